The van der Waals surface area contributed by atoms with E-state index in [-0.39, 0.29) is 13.1 Å². The molecule has 0 aliphatic carbocycles. The summed E-state index contributed by atoms with van der Waals surface area (Å²) in [4.78, 5) is 11.6. The molecular weight excluding hydrogens is 314 g/mol. The molecular formula is C11H13ClF2N2O3S. The quantitative estimate of drug-likeness (QED) is 0.584. The SMILES string of the molecule is O=C(NCCCNS(=O)(=O)CCl)c1cc(F)ccc1F. The van der Waals surface area contributed by atoms with Gasteiger partial charge in [0.05, 0.1) is 5.56 Å². The lowest BCUT2D eigenvalue weighted by Crippen LogP contribution is -2.30. The van der Waals surface area contributed by atoms with Crippen molar-refractivity contribution in [1.29, 1.82) is 0 Å². The van der Waals surface area contributed by atoms with E-state index in [1.807, 2.05) is 0 Å². The Morgan fingerprint density at radius 3 is 2.60 bits per heavy atom. The molecule has 0 fully saturated rings. The number of alkyl halides is 1. The van der Waals surface area contributed by atoms with Gasteiger partial charge in [-0.25, -0.2) is 21.9 Å². The molecule has 0 heterocycles. The summed E-state index contributed by atoms with van der Waals surface area (Å²) < 4.78 is 50.3. The number of hydrogen-bond donors (Lipinski definition) is 2. The maximum atomic E-state index is 13.3. The second kappa shape index (κ2) is 7.51. The second-order valence-corrected chi connectivity index (χ2v) is 6.24. The number of carbonyl (C=O) groups is 1. The molecule has 9 heteroatoms. The Labute approximate surface area is 120 Å². The smallest absolute Gasteiger partial charge is 0.254 e. The van der Waals surface area contributed by atoms with Crippen molar-refractivity contribution in [2.24, 2.45) is 0 Å². The molecule has 112 valence electrons. The largest absolute Gasteiger partial charge is 0.352 e. The van der Waals surface area contributed by atoms with Gasteiger partial charge in [-0.05, 0) is 24.6 Å². The average Bonchev–Trinajstić information content (AvgIpc) is 2.40. The standard InChI is InChI=1S/C11H13ClF2N2O3S/c12-7-20(18,19)16-5-1-4-15-11(17)9-6-8(13)2-3-10(9)14/h2-3,6,16H,1,4-5,7H2,(H,15,17). The number of benzene rings is 1. The monoisotopic (exact) mass is 326 g/mol. The fourth-order valence-electron chi connectivity index (χ4n) is 1.32. The van der Waals surface area contributed by atoms with Crippen LogP contribution < -0.4 is 10.0 Å². The van der Waals surface area contributed by atoms with Crippen LogP contribution >= 0.6 is 11.6 Å². The molecule has 20 heavy (non-hydrogen) atoms. The average molecular weight is 327 g/mol. The summed E-state index contributed by atoms with van der Waals surface area (Å²) >= 11 is 5.17. The Balaban J connectivity index is 2.39. The van der Waals surface area contributed by atoms with E-state index in [2.05, 4.69) is 10.0 Å². The molecule has 0 spiro atoms. The highest BCUT2D eigenvalue weighted by Gasteiger charge is 2.12. The summed E-state index contributed by atoms with van der Waals surface area (Å²) in [7, 11) is -3.49. The minimum atomic E-state index is -3.49. The van der Waals surface area contributed by atoms with Crippen molar-refractivity contribution in [3.63, 3.8) is 0 Å². The molecule has 0 unspecified atom stereocenters. The van der Waals surface area contributed by atoms with Crippen molar-refractivity contribution in [2.75, 3.05) is 18.3 Å². The van der Waals surface area contributed by atoms with Crippen LogP contribution in [0, 0.1) is 11.6 Å². The van der Waals surface area contributed by atoms with Crippen LogP contribution in [0.15, 0.2) is 18.2 Å². The maximum Gasteiger partial charge on any atom is 0.254 e. The molecule has 5 nitrogen and oxygen atoms in total. The normalized spacial score (nSPS) is 11.3. The minimum absolute atomic E-state index is 0.0843. The number of amides is 1. The zero-order valence-corrected chi connectivity index (χ0v) is 11.9. The lowest BCUT2D eigenvalue weighted by molar-refractivity contribution is 0.0949. The van der Waals surface area contributed by atoms with Crippen LogP contribution in [0.5, 0.6) is 0 Å². The van der Waals surface area contributed by atoms with Crippen molar-refractivity contribution < 1.29 is 22.0 Å². The lowest BCUT2D eigenvalue weighted by atomic mass is 10.2. The molecule has 1 aromatic carbocycles. The van der Waals surface area contributed by atoms with Gasteiger partial charge in [-0.3, -0.25) is 4.79 Å². The molecule has 0 aliphatic rings. The third-order valence-corrected chi connectivity index (χ3v) is 4.07. The molecule has 0 saturated heterocycles. The Morgan fingerprint density at radius 2 is 1.95 bits per heavy atom. The highest BCUT2D eigenvalue weighted by Crippen LogP contribution is 2.09. The van der Waals surface area contributed by atoms with Gasteiger partial charge in [-0.15, -0.1) is 11.6 Å². The number of rotatable bonds is 7. The first-order chi connectivity index (χ1) is 9.35. The molecule has 0 atom stereocenters. The predicted molar refractivity (Wildman–Crippen MR) is 71.0 cm³/mol. The van der Waals surface area contributed by atoms with Crippen molar-refractivity contribution in [3.8, 4) is 0 Å². The van der Waals surface area contributed by atoms with Gasteiger partial charge in [0, 0.05) is 13.1 Å². The summed E-state index contributed by atoms with van der Waals surface area (Å²) in [6.45, 7) is 0.195. The fraction of sp³-hybridized carbons (Fsp3) is 0.364. The van der Waals surface area contributed by atoms with Gasteiger partial charge in [0.15, 0.2) is 0 Å². The molecule has 0 bridgehead atoms. The lowest BCUT2D eigenvalue weighted by Gasteiger charge is -2.07. The summed E-state index contributed by atoms with van der Waals surface area (Å²) in [5.41, 5.74) is -0.397. The van der Waals surface area contributed by atoms with Crippen LogP contribution in [-0.4, -0.2) is 32.6 Å². The van der Waals surface area contributed by atoms with E-state index in [1.54, 1.807) is 0 Å². The minimum Gasteiger partial charge on any atom is -0.352 e. The molecule has 1 amide bonds. The van der Waals surface area contributed by atoms with Crippen molar-refractivity contribution in [2.45, 2.75) is 6.42 Å². The summed E-state index contributed by atoms with van der Waals surface area (Å²) in [6.07, 6.45) is 0.290. The third kappa shape index (κ3) is 5.40. The molecule has 0 aliphatic heterocycles. The Kier molecular flexibility index (Phi) is 6.31. The Hall–Kier alpha value is -1.25. The van der Waals surface area contributed by atoms with Gasteiger partial charge >= 0.3 is 0 Å². The highest BCUT2D eigenvalue weighted by atomic mass is 35.5. The molecule has 2 N–H and O–H groups in total. The van der Waals surface area contributed by atoms with Crippen LogP contribution in [0.4, 0.5) is 8.78 Å². The van der Waals surface area contributed by atoms with Crippen molar-refractivity contribution in [1.82, 2.24) is 10.0 Å². The van der Waals surface area contributed by atoms with Crippen molar-refractivity contribution in [3.05, 3.63) is 35.4 Å². The number of carbonyl (C=O) groups excluding carboxylic acids is 1. The van der Waals surface area contributed by atoms with Crippen LogP contribution in [-0.2, 0) is 10.0 Å². The van der Waals surface area contributed by atoms with E-state index in [1.165, 1.54) is 0 Å². The van der Waals surface area contributed by atoms with Gasteiger partial charge in [-0.2, -0.15) is 0 Å². The van der Waals surface area contributed by atoms with Crippen LogP contribution in [0.25, 0.3) is 0 Å². The predicted octanol–water partition coefficient (Wildman–Crippen LogP) is 1.20. The Morgan fingerprint density at radius 1 is 1.25 bits per heavy atom. The van der Waals surface area contributed by atoms with E-state index in [9.17, 15) is 22.0 Å². The van der Waals surface area contributed by atoms with E-state index in [0.29, 0.717) is 6.42 Å². The zero-order valence-electron chi connectivity index (χ0n) is 10.3. The van der Waals surface area contributed by atoms with Gasteiger partial charge in [0.2, 0.25) is 10.0 Å². The molecule has 0 radical (unpaired) electrons. The Bertz CT molecular complexity index is 581. The highest BCUT2D eigenvalue weighted by molar-refractivity contribution is 7.90. The van der Waals surface area contributed by atoms with E-state index >= 15 is 0 Å². The fourth-order valence-corrected chi connectivity index (χ4v) is 2.09. The number of nitrogens with one attached hydrogen (secondary N) is 2. The first-order valence-electron chi connectivity index (χ1n) is 5.62. The first-order valence-corrected chi connectivity index (χ1v) is 7.81. The van der Waals surface area contributed by atoms with Gasteiger partial charge in [0.25, 0.3) is 5.91 Å². The maximum absolute atomic E-state index is 13.3. The summed E-state index contributed by atoms with van der Waals surface area (Å²) in [5, 5.41) is 1.81. The summed E-state index contributed by atoms with van der Waals surface area (Å²) in [6, 6.07) is 2.56. The molecule has 0 saturated carbocycles. The number of halogens is 3. The van der Waals surface area contributed by atoms with E-state index < -0.39 is 38.3 Å². The topological polar surface area (TPSA) is 75.3 Å². The second-order valence-electron chi connectivity index (χ2n) is 3.85. The molecule has 0 aromatic heterocycles. The van der Waals surface area contributed by atoms with Gasteiger partial charge in [-0.1, -0.05) is 0 Å². The molecule has 1 aromatic rings. The number of sulfonamides is 1. The van der Waals surface area contributed by atoms with Gasteiger partial charge < -0.3 is 5.32 Å². The third-order valence-electron chi connectivity index (χ3n) is 2.28. The zero-order chi connectivity index (χ0) is 15.2. The van der Waals surface area contributed by atoms with Crippen LogP contribution in [0.2, 0.25) is 0 Å². The first kappa shape index (κ1) is 16.8. The van der Waals surface area contributed by atoms with Crippen LogP contribution in [0.1, 0.15) is 16.8 Å². The van der Waals surface area contributed by atoms with Crippen molar-refractivity contribution >= 4 is 27.5 Å². The van der Waals surface area contributed by atoms with Gasteiger partial charge in [0.1, 0.15) is 16.8 Å². The molecule has 1 rings (SSSR count). The van der Waals surface area contributed by atoms with E-state index in [0.717, 1.165) is 18.2 Å². The van der Waals surface area contributed by atoms with Crippen LogP contribution in [0.3, 0.4) is 0 Å². The summed E-state index contributed by atoms with van der Waals surface area (Å²) in [5.74, 6) is -2.31. The van der Waals surface area contributed by atoms with E-state index in [4.69, 9.17) is 11.6 Å². The number of hydrogen-bond acceptors (Lipinski definition) is 3.